The second-order valence-corrected chi connectivity index (χ2v) is 4.46. The van der Waals surface area contributed by atoms with Crippen molar-refractivity contribution in [3.63, 3.8) is 0 Å². The van der Waals surface area contributed by atoms with Gasteiger partial charge in [-0.05, 0) is 30.5 Å². The van der Waals surface area contributed by atoms with Gasteiger partial charge in [0.05, 0.1) is 13.2 Å². The van der Waals surface area contributed by atoms with Gasteiger partial charge in [0.25, 0.3) is 0 Å². The fourth-order valence-corrected chi connectivity index (χ4v) is 1.98. The first kappa shape index (κ1) is 12.5. The molecule has 0 aromatic heterocycles. The number of nitrogens with two attached hydrogens (primary N) is 1. The molecule has 1 saturated heterocycles. The summed E-state index contributed by atoms with van der Waals surface area (Å²) < 4.78 is 24.0. The molecule has 0 spiro atoms. The third-order valence-corrected chi connectivity index (χ3v) is 3.12. The summed E-state index contributed by atoms with van der Waals surface area (Å²) in [4.78, 5) is 0. The first-order chi connectivity index (χ1) is 8.24. The van der Waals surface area contributed by atoms with Gasteiger partial charge < -0.3 is 15.2 Å². The van der Waals surface area contributed by atoms with E-state index in [-0.39, 0.29) is 11.4 Å². The summed E-state index contributed by atoms with van der Waals surface area (Å²) in [6.45, 7) is 2.22. The first-order valence-corrected chi connectivity index (χ1v) is 5.90. The van der Waals surface area contributed by atoms with E-state index in [0.717, 1.165) is 25.0 Å². The topological polar surface area (TPSA) is 44.5 Å². The minimum absolute atomic E-state index is 0.233. The maximum atomic E-state index is 12.7. The average molecular weight is 239 g/mol. The summed E-state index contributed by atoms with van der Waals surface area (Å²) in [5.41, 5.74) is 6.34. The van der Waals surface area contributed by atoms with Crippen LogP contribution in [0.4, 0.5) is 4.39 Å². The van der Waals surface area contributed by atoms with E-state index < -0.39 is 0 Å². The smallest absolute Gasteiger partial charge is 0.123 e. The van der Waals surface area contributed by atoms with E-state index in [2.05, 4.69) is 0 Å². The molecule has 0 bridgehead atoms. The van der Waals surface area contributed by atoms with Gasteiger partial charge in [-0.15, -0.1) is 0 Å². The molecule has 1 unspecified atom stereocenters. The zero-order valence-corrected chi connectivity index (χ0v) is 9.82. The second kappa shape index (κ2) is 5.58. The van der Waals surface area contributed by atoms with Gasteiger partial charge in [-0.2, -0.15) is 0 Å². The van der Waals surface area contributed by atoms with Crippen molar-refractivity contribution >= 4 is 0 Å². The molecular formula is C13H18FNO2. The van der Waals surface area contributed by atoms with E-state index in [9.17, 15) is 4.39 Å². The van der Waals surface area contributed by atoms with Crippen LogP contribution in [0.15, 0.2) is 24.3 Å². The third kappa shape index (κ3) is 3.25. The first-order valence-electron chi connectivity index (χ1n) is 5.90. The van der Waals surface area contributed by atoms with Crippen LogP contribution in [0, 0.1) is 5.82 Å². The fraction of sp³-hybridized carbons (Fsp3) is 0.538. The van der Waals surface area contributed by atoms with Crippen molar-refractivity contribution in [2.45, 2.75) is 25.0 Å². The lowest BCUT2D eigenvalue weighted by atomic mass is 9.96. The van der Waals surface area contributed by atoms with Crippen LogP contribution in [0.1, 0.15) is 18.4 Å². The Morgan fingerprint density at radius 2 is 2.12 bits per heavy atom. The zero-order chi connectivity index (χ0) is 12.1. The van der Waals surface area contributed by atoms with E-state index in [1.54, 1.807) is 12.1 Å². The van der Waals surface area contributed by atoms with Crippen LogP contribution in [0.2, 0.25) is 0 Å². The van der Waals surface area contributed by atoms with Crippen molar-refractivity contribution in [2.24, 2.45) is 5.73 Å². The molecule has 1 aliphatic heterocycles. The Labute approximate surface area is 101 Å². The van der Waals surface area contributed by atoms with Gasteiger partial charge in [-0.1, -0.05) is 12.1 Å². The van der Waals surface area contributed by atoms with Crippen molar-refractivity contribution < 1.29 is 13.9 Å². The number of halogens is 1. The maximum Gasteiger partial charge on any atom is 0.123 e. The second-order valence-electron chi connectivity index (χ2n) is 4.46. The monoisotopic (exact) mass is 239 g/mol. The molecule has 17 heavy (non-hydrogen) atoms. The van der Waals surface area contributed by atoms with Crippen molar-refractivity contribution in [3.8, 4) is 0 Å². The summed E-state index contributed by atoms with van der Waals surface area (Å²) in [5.74, 6) is -0.233. The van der Waals surface area contributed by atoms with Crippen LogP contribution in [0.5, 0.6) is 0 Å². The molecule has 2 rings (SSSR count). The molecule has 1 atom stereocenters. The van der Waals surface area contributed by atoms with E-state index in [1.165, 1.54) is 12.1 Å². The van der Waals surface area contributed by atoms with Crippen LogP contribution >= 0.6 is 0 Å². The molecule has 1 aliphatic rings. The van der Waals surface area contributed by atoms with Gasteiger partial charge in [-0.25, -0.2) is 4.39 Å². The van der Waals surface area contributed by atoms with Gasteiger partial charge in [0.2, 0.25) is 0 Å². The minimum atomic E-state index is -0.368. The number of hydrogen-bond acceptors (Lipinski definition) is 3. The molecule has 0 amide bonds. The normalized spacial score (nSPS) is 24.8. The summed E-state index contributed by atoms with van der Waals surface area (Å²) in [5, 5.41) is 0. The summed E-state index contributed by atoms with van der Waals surface area (Å²) in [6, 6.07) is 6.32. The van der Waals surface area contributed by atoms with E-state index >= 15 is 0 Å². The number of ether oxygens (including phenoxy) is 2. The number of rotatable bonds is 4. The Kier molecular flexibility index (Phi) is 4.10. The van der Waals surface area contributed by atoms with E-state index in [4.69, 9.17) is 15.2 Å². The van der Waals surface area contributed by atoms with Crippen molar-refractivity contribution in [2.75, 3.05) is 19.8 Å². The highest BCUT2D eigenvalue weighted by atomic mass is 19.1. The largest absolute Gasteiger partial charge is 0.378 e. The van der Waals surface area contributed by atoms with Crippen LogP contribution < -0.4 is 5.73 Å². The standard InChI is InChI=1S/C13H18FNO2/c14-12-4-2-11(3-5-12)8-17-13(9-15)6-1-7-16-10-13/h2-5H,1,6-10,15H2. The minimum Gasteiger partial charge on any atom is -0.378 e. The number of hydrogen-bond donors (Lipinski definition) is 1. The predicted octanol–water partition coefficient (Wildman–Crippen LogP) is 1.85. The van der Waals surface area contributed by atoms with Crippen molar-refractivity contribution in [1.29, 1.82) is 0 Å². The van der Waals surface area contributed by atoms with Crippen molar-refractivity contribution in [3.05, 3.63) is 35.6 Å². The van der Waals surface area contributed by atoms with E-state index in [0.29, 0.717) is 19.8 Å². The average Bonchev–Trinajstić information content (AvgIpc) is 2.39. The summed E-state index contributed by atoms with van der Waals surface area (Å²) in [7, 11) is 0. The molecule has 1 heterocycles. The van der Waals surface area contributed by atoms with Gasteiger partial charge >= 0.3 is 0 Å². The SMILES string of the molecule is NCC1(OCc2ccc(F)cc2)CCCOC1. The molecule has 0 saturated carbocycles. The van der Waals surface area contributed by atoms with Gasteiger partial charge in [0, 0.05) is 13.2 Å². The van der Waals surface area contributed by atoms with Gasteiger partial charge in [-0.3, -0.25) is 0 Å². The number of benzene rings is 1. The van der Waals surface area contributed by atoms with Gasteiger partial charge in [0.1, 0.15) is 11.4 Å². The molecule has 0 radical (unpaired) electrons. The molecule has 1 aromatic rings. The van der Waals surface area contributed by atoms with E-state index in [1.807, 2.05) is 0 Å². The maximum absolute atomic E-state index is 12.7. The third-order valence-electron chi connectivity index (χ3n) is 3.12. The summed E-state index contributed by atoms with van der Waals surface area (Å²) in [6.07, 6.45) is 1.89. The molecular weight excluding hydrogens is 221 g/mol. The highest BCUT2D eigenvalue weighted by molar-refractivity contribution is 5.15. The summed E-state index contributed by atoms with van der Waals surface area (Å²) >= 11 is 0. The van der Waals surface area contributed by atoms with Crippen molar-refractivity contribution in [1.82, 2.24) is 0 Å². The molecule has 1 aromatic carbocycles. The molecule has 4 heteroatoms. The molecule has 94 valence electrons. The lowest BCUT2D eigenvalue weighted by Crippen LogP contribution is -2.47. The highest BCUT2D eigenvalue weighted by Crippen LogP contribution is 2.23. The Morgan fingerprint density at radius 1 is 1.35 bits per heavy atom. The Bertz CT molecular complexity index is 347. The molecule has 3 nitrogen and oxygen atoms in total. The lowest BCUT2D eigenvalue weighted by Gasteiger charge is -2.35. The quantitative estimate of drug-likeness (QED) is 0.872. The molecule has 2 N–H and O–H groups in total. The Hall–Kier alpha value is -0.970. The van der Waals surface area contributed by atoms with Crippen LogP contribution in [0.3, 0.4) is 0 Å². The van der Waals surface area contributed by atoms with Crippen LogP contribution in [0.25, 0.3) is 0 Å². The Morgan fingerprint density at radius 3 is 2.71 bits per heavy atom. The van der Waals surface area contributed by atoms with Crippen LogP contribution in [-0.2, 0) is 16.1 Å². The van der Waals surface area contributed by atoms with Gasteiger partial charge in [0.15, 0.2) is 0 Å². The zero-order valence-electron chi connectivity index (χ0n) is 9.82. The van der Waals surface area contributed by atoms with Crippen LogP contribution in [-0.4, -0.2) is 25.4 Å². The molecule has 0 aliphatic carbocycles. The predicted molar refractivity (Wildman–Crippen MR) is 63.0 cm³/mol. The Balaban J connectivity index is 1.93. The lowest BCUT2D eigenvalue weighted by molar-refractivity contribution is -0.130. The highest BCUT2D eigenvalue weighted by Gasteiger charge is 2.32. The fourth-order valence-electron chi connectivity index (χ4n) is 1.98. The molecule has 1 fully saturated rings.